The molecule has 0 aliphatic rings. The fourth-order valence-electron chi connectivity index (χ4n) is 3.69. The summed E-state index contributed by atoms with van der Waals surface area (Å²) in [4.78, 5) is 21.8. The van der Waals surface area contributed by atoms with Crippen molar-refractivity contribution in [3.63, 3.8) is 0 Å². The first-order valence-corrected chi connectivity index (χ1v) is 12.7. The van der Waals surface area contributed by atoms with Crippen molar-refractivity contribution in [2.45, 2.75) is 18.4 Å². The van der Waals surface area contributed by atoms with Crippen molar-refractivity contribution in [2.24, 2.45) is 7.05 Å². The number of nitrogens with zero attached hydrogens (tertiary/aromatic N) is 5. The van der Waals surface area contributed by atoms with Crippen molar-refractivity contribution in [3.05, 3.63) is 65.2 Å². The number of aromatic nitrogens is 4. The Kier molecular flexibility index (Phi) is 6.77. The smallest absolute Gasteiger partial charge is 0.237 e. The minimum Gasteiger partial charge on any atom is -0.487 e. The second-order valence-corrected chi connectivity index (χ2v) is 10.6. The van der Waals surface area contributed by atoms with E-state index in [4.69, 9.17) is 16.3 Å². The van der Waals surface area contributed by atoms with Gasteiger partial charge in [0.15, 0.2) is 9.84 Å². The van der Waals surface area contributed by atoms with E-state index >= 15 is 0 Å². The number of fused-ring (bicyclic) bond motifs is 1. The molecule has 0 unspecified atom stereocenters. The zero-order chi connectivity index (χ0) is 25.3. The van der Waals surface area contributed by atoms with E-state index in [1.807, 2.05) is 38.2 Å². The third-order valence-electron chi connectivity index (χ3n) is 5.51. The SMILES string of the molecule is Cc1cc(-c2ccnn2C)c2cccc(OCc3c(Cl)cncc3S(=O)(=O)CC(=O)N(C)C)c2n1. The van der Waals surface area contributed by atoms with Crippen LogP contribution in [-0.2, 0) is 28.3 Å². The fraction of sp³-hybridized carbons (Fsp3) is 0.250. The number of carbonyl (C=O) groups excluding carboxylic acids is 1. The maximum Gasteiger partial charge on any atom is 0.237 e. The zero-order valence-electron chi connectivity index (χ0n) is 19.7. The van der Waals surface area contributed by atoms with Gasteiger partial charge in [0.25, 0.3) is 0 Å². The van der Waals surface area contributed by atoms with Gasteiger partial charge in [-0.2, -0.15) is 5.10 Å². The van der Waals surface area contributed by atoms with Crippen molar-refractivity contribution < 1.29 is 17.9 Å². The summed E-state index contributed by atoms with van der Waals surface area (Å²) in [7, 11) is 0.858. The second-order valence-electron chi connectivity index (χ2n) is 8.24. The third-order valence-corrected chi connectivity index (χ3v) is 7.49. The Morgan fingerprint density at radius 1 is 1.20 bits per heavy atom. The number of para-hydroxylation sites is 1. The highest BCUT2D eigenvalue weighted by atomic mass is 35.5. The summed E-state index contributed by atoms with van der Waals surface area (Å²) in [6, 6.07) is 9.45. The van der Waals surface area contributed by atoms with Crippen LogP contribution in [0.15, 0.2) is 53.8 Å². The molecule has 0 spiro atoms. The molecule has 3 heterocycles. The molecule has 4 aromatic rings. The summed E-state index contributed by atoms with van der Waals surface area (Å²) in [5.41, 5.74) is 3.52. The van der Waals surface area contributed by atoms with Crippen molar-refractivity contribution >= 4 is 38.2 Å². The van der Waals surface area contributed by atoms with Gasteiger partial charge >= 0.3 is 0 Å². The Morgan fingerprint density at radius 2 is 1.97 bits per heavy atom. The molecule has 0 atom stereocenters. The summed E-state index contributed by atoms with van der Waals surface area (Å²) < 4.78 is 33.8. The molecule has 1 aromatic carbocycles. The molecule has 0 bridgehead atoms. The Morgan fingerprint density at radius 3 is 2.66 bits per heavy atom. The average molecular weight is 514 g/mol. The van der Waals surface area contributed by atoms with Crippen LogP contribution >= 0.6 is 11.6 Å². The highest BCUT2D eigenvalue weighted by molar-refractivity contribution is 7.92. The van der Waals surface area contributed by atoms with E-state index in [-0.39, 0.29) is 22.1 Å². The first-order valence-electron chi connectivity index (χ1n) is 10.7. The highest BCUT2D eigenvalue weighted by Gasteiger charge is 2.26. The minimum atomic E-state index is -4.00. The van der Waals surface area contributed by atoms with Crippen LogP contribution in [0.2, 0.25) is 5.02 Å². The lowest BCUT2D eigenvalue weighted by atomic mass is 10.0. The lowest BCUT2D eigenvalue weighted by molar-refractivity contribution is -0.125. The molecule has 9 nitrogen and oxygen atoms in total. The Labute approximate surface area is 208 Å². The van der Waals surface area contributed by atoms with Gasteiger partial charge in [-0.3, -0.25) is 14.5 Å². The molecule has 0 N–H and O–H groups in total. The lowest BCUT2D eigenvalue weighted by Gasteiger charge is -2.16. The number of ether oxygens (including phenoxy) is 1. The van der Waals surface area contributed by atoms with Crippen LogP contribution in [0.3, 0.4) is 0 Å². The zero-order valence-corrected chi connectivity index (χ0v) is 21.3. The first kappa shape index (κ1) is 24.6. The van der Waals surface area contributed by atoms with Gasteiger partial charge in [-0.25, -0.2) is 13.4 Å². The number of hydrogen-bond acceptors (Lipinski definition) is 7. The molecular weight excluding hydrogens is 490 g/mol. The molecule has 0 aliphatic carbocycles. The Bertz CT molecular complexity index is 1530. The highest BCUT2D eigenvalue weighted by Crippen LogP contribution is 2.34. The van der Waals surface area contributed by atoms with Crippen molar-refractivity contribution in [1.82, 2.24) is 24.6 Å². The van der Waals surface area contributed by atoms with E-state index in [1.165, 1.54) is 31.4 Å². The van der Waals surface area contributed by atoms with Crippen molar-refractivity contribution in [1.29, 1.82) is 0 Å². The molecule has 1 amide bonds. The van der Waals surface area contributed by atoms with Gasteiger partial charge in [0.2, 0.25) is 5.91 Å². The topological polar surface area (TPSA) is 107 Å². The number of halogens is 1. The maximum absolute atomic E-state index is 13.0. The Balaban J connectivity index is 1.73. The van der Waals surface area contributed by atoms with Gasteiger partial charge < -0.3 is 9.64 Å². The predicted molar refractivity (Wildman–Crippen MR) is 133 cm³/mol. The maximum atomic E-state index is 13.0. The number of amides is 1. The van der Waals surface area contributed by atoms with E-state index in [9.17, 15) is 13.2 Å². The average Bonchev–Trinajstić information content (AvgIpc) is 3.23. The van der Waals surface area contributed by atoms with E-state index in [2.05, 4.69) is 15.1 Å². The van der Waals surface area contributed by atoms with Crippen LogP contribution in [0.1, 0.15) is 11.3 Å². The number of rotatable bonds is 7. The molecule has 182 valence electrons. The number of aryl methyl sites for hydroxylation is 2. The molecular formula is C24H24ClN5O4S. The van der Waals surface area contributed by atoms with E-state index in [0.29, 0.717) is 11.3 Å². The Hall–Kier alpha value is -3.50. The van der Waals surface area contributed by atoms with Crippen LogP contribution in [0.4, 0.5) is 0 Å². The molecule has 11 heteroatoms. The molecule has 0 aliphatic heterocycles. The monoisotopic (exact) mass is 513 g/mol. The predicted octanol–water partition coefficient (Wildman–Crippen LogP) is 3.43. The second kappa shape index (κ2) is 9.63. The van der Waals surface area contributed by atoms with Gasteiger partial charge in [0, 0.05) is 61.9 Å². The summed E-state index contributed by atoms with van der Waals surface area (Å²) >= 11 is 6.33. The molecule has 35 heavy (non-hydrogen) atoms. The first-order chi connectivity index (χ1) is 16.6. The van der Waals surface area contributed by atoms with Crippen LogP contribution < -0.4 is 4.74 Å². The van der Waals surface area contributed by atoms with E-state index in [0.717, 1.165) is 22.3 Å². The van der Waals surface area contributed by atoms with Crippen LogP contribution in [-0.4, -0.2) is 58.8 Å². The largest absolute Gasteiger partial charge is 0.487 e. The van der Waals surface area contributed by atoms with Gasteiger partial charge in [-0.05, 0) is 25.1 Å². The van der Waals surface area contributed by atoms with E-state index in [1.54, 1.807) is 16.9 Å². The number of pyridine rings is 2. The van der Waals surface area contributed by atoms with Crippen LogP contribution in [0.25, 0.3) is 22.2 Å². The van der Waals surface area contributed by atoms with Crippen LogP contribution in [0.5, 0.6) is 5.75 Å². The van der Waals surface area contributed by atoms with Gasteiger partial charge in [-0.15, -0.1) is 0 Å². The van der Waals surface area contributed by atoms with Crippen molar-refractivity contribution in [3.8, 4) is 17.0 Å². The van der Waals surface area contributed by atoms with Gasteiger partial charge in [-0.1, -0.05) is 23.7 Å². The number of benzene rings is 1. The fourth-order valence-corrected chi connectivity index (χ4v) is 5.46. The molecule has 0 saturated heterocycles. The van der Waals surface area contributed by atoms with Crippen LogP contribution in [0, 0.1) is 6.92 Å². The molecule has 0 radical (unpaired) electrons. The van der Waals surface area contributed by atoms with Crippen molar-refractivity contribution in [2.75, 3.05) is 19.8 Å². The summed E-state index contributed by atoms with van der Waals surface area (Å²) in [6.07, 6.45) is 4.26. The lowest BCUT2D eigenvalue weighted by Crippen LogP contribution is -2.29. The third kappa shape index (κ3) is 4.98. The quantitative estimate of drug-likeness (QED) is 0.372. The summed E-state index contributed by atoms with van der Waals surface area (Å²) in [5.74, 6) is -0.776. The molecule has 4 rings (SSSR count). The van der Waals surface area contributed by atoms with E-state index < -0.39 is 21.5 Å². The molecule has 0 fully saturated rings. The molecule has 3 aromatic heterocycles. The number of sulfone groups is 1. The standard InChI is InChI=1S/C24H24ClN5O4S/c1-15-10-17(20-8-9-27-30(20)4)16-6-5-7-21(24(16)28-15)34-13-18-19(25)11-26-12-22(18)35(32,33)14-23(31)29(2)3/h5-12H,13-14H2,1-4H3. The number of hydrogen-bond donors (Lipinski definition) is 0. The normalized spacial score (nSPS) is 11.6. The number of carbonyl (C=O) groups is 1. The summed E-state index contributed by atoms with van der Waals surface area (Å²) in [5, 5.41) is 5.25. The minimum absolute atomic E-state index is 0.128. The molecule has 0 saturated carbocycles. The van der Waals surface area contributed by atoms with Gasteiger partial charge in [0.1, 0.15) is 23.6 Å². The summed E-state index contributed by atoms with van der Waals surface area (Å²) in [6.45, 7) is 1.74. The van der Waals surface area contributed by atoms with Gasteiger partial charge in [0.05, 0.1) is 15.6 Å².